The van der Waals surface area contributed by atoms with Crippen molar-refractivity contribution in [2.24, 2.45) is 0 Å². The second-order valence-electron chi connectivity index (χ2n) is 3.83. The van der Waals surface area contributed by atoms with E-state index >= 15 is 0 Å². The number of nitrogens with zero attached hydrogens (tertiary/aromatic N) is 1. The molecule has 1 amide bonds. The van der Waals surface area contributed by atoms with Crippen LogP contribution in [0.15, 0.2) is 36.4 Å². The molecule has 0 fully saturated rings. The maximum atomic E-state index is 13.0. The molecule has 1 heterocycles. The van der Waals surface area contributed by atoms with Gasteiger partial charge in [0.15, 0.2) is 0 Å². The van der Waals surface area contributed by atoms with Gasteiger partial charge < -0.3 is 10.4 Å². The Labute approximate surface area is 111 Å². The molecule has 0 radical (unpaired) electrons. The molecule has 0 spiro atoms. The summed E-state index contributed by atoms with van der Waals surface area (Å²) in [5.41, 5.74) is -0.562. The lowest BCUT2D eigenvalue weighted by Gasteiger charge is -2.05. The molecule has 2 N–H and O–H groups in total. The van der Waals surface area contributed by atoms with Gasteiger partial charge >= 0.3 is 5.97 Å². The van der Waals surface area contributed by atoms with Gasteiger partial charge in [0.05, 0.1) is 0 Å². The Morgan fingerprint density at radius 2 is 1.65 bits per heavy atom. The van der Waals surface area contributed by atoms with Crippen LogP contribution in [0.2, 0.25) is 0 Å². The first-order valence-electron chi connectivity index (χ1n) is 5.43. The molecular formula is C13H8F2N2O3. The number of aromatic nitrogens is 1. The summed E-state index contributed by atoms with van der Waals surface area (Å²) in [5, 5.41) is 11.0. The first kappa shape index (κ1) is 13.6. The summed E-state index contributed by atoms with van der Waals surface area (Å²) >= 11 is 0. The predicted octanol–water partition coefficient (Wildman–Crippen LogP) is 2.31. The predicted molar refractivity (Wildman–Crippen MR) is 65.5 cm³/mol. The molecule has 20 heavy (non-hydrogen) atoms. The molecule has 1 aromatic carbocycles. The van der Waals surface area contributed by atoms with Crippen molar-refractivity contribution >= 4 is 17.6 Å². The lowest BCUT2D eigenvalue weighted by molar-refractivity contribution is 0.0690. The van der Waals surface area contributed by atoms with E-state index < -0.39 is 23.5 Å². The highest BCUT2D eigenvalue weighted by Crippen LogP contribution is 2.14. The average Bonchev–Trinajstić information content (AvgIpc) is 2.37. The Kier molecular flexibility index (Phi) is 3.69. The average molecular weight is 278 g/mol. The van der Waals surface area contributed by atoms with Gasteiger partial charge in [0.25, 0.3) is 5.91 Å². The van der Waals surface area contributed by atoms with Crippen molar-refractivity contribution in [1.29, 1.82) is 0 Å². The van der Waals surface area contributed by atoms with Gasteiger partial charge in [-0.15, -0.1) is 0 Å². The van der Waals surface area contributed by atoms with Crippen LogP contribution in [0, 0.1) is 11.6 Å². The molecule has 0 aliphatic carbocycles. The standard InChI is InChI=1S/C13H8F2N2O3/c14-7-4-8(15)6-9(5-7)16-12(18)10-2-1-3-11(17-10)13(19)20/h1-6H,(H,16,18)(H,19,20). The lowest BCUT2D eigenvalue weighted by Crippen LogP contribution is -2.15. The van der Waals surface area contributed by atoms with Crippen LogP contribution in [0.4, 0.5) is 14.5 Å². The van der Waals surface area contributed by atoms with Crippen molar-refractivity contribution in [3.8, 4) is 0 Å². The Morgan fingerprint density at radius 1 is 1.05 bits per heavy atom. The van der Waals surface area contributed by atoms with E-state index in [-0.39, 0.29) is 17.1 Å². The summed E-state index contributed by atoms with van der Waals surface area (Å²) in [6.07, 6.45) is 0. The monoisotopic (exact) mass is 278 g/mol. The molecule has 2 aromatic rings. The number of aromatic carboxylic acids is 1. The summed E-state index contributed by atoms with van der Waals surface area (Å²) < 4.78 is 25.9. The van der Waals surface area contributed by atoms with Crippen LogP contribution in [0.1, 0.15) is 21.0 Å². The van der Waals surface area contributed by atoms with Crippen LogP contribution in [0.3, 0.4) is 0 Å². The molecule has 0 aliphatic heterocycles. The van der Waals surface area contributed by atoms with E-state index in [9.17, 15) is 18.4 Å². The van der Waals surface area contributed by atoms with Crippen LogP contribution in [0.25, 0.3) is 0 Å². The summed E-state index contributed by atoms with van der Waals surface area (Å²) in [6, 6.07) is 6.39. The van der Waals surface area contributed by atoms with Crippen molar-refractivity contribution in [3.63, 3.8) is 0 Å². The van der Waals surface area contributed by atoms with Gasteiger partial charge in [0, 0.05) is 11.8 Å². The number of carbonyl (C=O) groups is 2. The summed E-state index contributed by atoms with van der Waals surface area (Å²) in [5.74, 6) is -3.73. The maximum Gasteiger partial charge on any atom is 0.354 e. The zero-order valence-electron chi connectivity index (χ0n) is 9.93. The summed E-state index contributed by atoms with van der Waals surface area (Å²) in [6.45, 7) is 0. The second kappa shape index (κ2) is 5.43. The molecule has 2 rings (SSSR count). The fourth-order valence-corrected chi connectivity index (χ4v) is 1.50. The third kappa shape index (κ3) is 3.14. The van der Waals surface area contributed by atoms with E-state index in [0.29, 0.717) is 6.07 Å². The van der Waals surface area contributed by atoms with E-state index in [4.69, 9.17) is 5.11 Å². The highest BCUT2D eigenvalue weighted by atomic mass is 19.1. The molecule has 102 valence electrons. The number of rotatable bonds is 3. The minimum atomic E-state index is -1.28. The fourth-order valence-electron chi connectivity index (χ4n) is 1.50. The molecule has 0 saturated carbocycles. The normalized spacial score (nSPS) is 10.1. The van der Waals surface area contributed by atoms with Gasteiger partial charge in [-0.25, -0.2) is 18.6 Å². The quantitative estimate of drug-likeness (QED) is 0.903. The number of amides is 1. The Hall–Kier alpha value is -2.83. The smallest absolute Gasteiger partial charge is 0.354 e. The Balaban J connectivity index is 2.23. The van der Waals surface area contributed by atoms with Crippen molar-refractivity contribution in [2.75, 3.05) is 5.32 Å². The maximum absolute atomic E-state index is 13.0. The number of carboxylic acids is 1. The number of hydrogen-bond donors (Lipinski definition) is 2. The van der Waals surface area contributed by atoms with Gasteiger partial charge in [-0.2, -0.15) is 0 Å². The number of nitrogens with one attached hydrogen (secondary N) is 1. The third-order valence-corrected chi connectivity index (χ3v) is 2.32. The Bertz CT molecular complexity index is 669. The van der Waals surface area contributed by atoms with Crippen LogP contribution >= 0.6 is 0 Å². The molecule has 0 saturated heterocycles. The van der Waals surface area contributed by atoms with Gasteiger partial charge in [-0.1, -0.05) is 6.07 Å². The molecular weight excluding hydrogens is 270 g/mol. The summed E-state index contributed by atoms with van der Waals surface area (Å²) in [4.78, 5) is 26.1. The summed E-state index contributed by atoms with van der Waals surface area (Å²) in [7, 11) is 0. The number of hydrogen-bond acceptors (Lipinski definition) is 3. The van der Waals surface area contributed by atoms with Crippen molar-refractivity contribution in [1.82, 2.24) is 4.98 Å². The SMILES string of the molecule is O=C(O)c1cccc(C(=O)Nc2cc(F)cc(F)c2)n1. The lowest BCUT2D eigenvalue weighted by atomic mass is 10.2. The van der Waals surface area contributed by atoms with Crippen LogP contribution in [-0.2, 0) is 0 Å². The highest BCUT2D eigenvalue weighted by molar-refractivity contribution is 6.03. The van der Waals surface area contributed by atoms with E-state index in [1.807, 2.05) is 0 Å². The molecule has 5 nitrogen and oxygen atoms in total. The molecule has 0 unspecified atom stereocenters. The van der Waals surface area contributed by atoms with Gasteiger partial charge in [-0.3, -0.25) is 4.79 Å². The van der Waals surface area contributed by atoms with Gasteiger partial charge in [0.1, 0.15) is 23.0 Å². The third-order valence-electron chi connectivity index (χ3n) is 2.32. The van der Waals surface area contributed by atoms with Crippen LogP contribution in [0.5, 0.6) is 0 Å². The van der Waals surface area contributed by atoms with Crippen molar-refractivity contribution < 1.29 is 23.5 Å². The number of carbonyl (C=O) groups excluding carboxylic acids is 1. The second-order valence-corrected chi connectivity index (χ2v) is 3.83. The minimum Gasteiger partial charge on any atom is -0.477 e. The van der Waals surface area contributed by atoms with Gasteiger partial charge in [-0.05, 0) is 24.3 Å². The number of pyridine rings is 1. The van der Waals surface area contributed by atoms with Gasteiger partial charge in [0.2, 0.25) is 0 Å². The molecule has 0 aliphatic rings. The first-order valence-corrected chi connectivity index (χ1v) is 5.43. The van der Waals surface area contributed by atoms with Crippen LogP contribution < -0.4 is 5.32 Å². The fraction of sp³-hybridized carbons (Fsp3) is 0. The number of benzene rings is 1. The number of anilines is 1. The molecule has 0 atom stereocenters. The van der Waals surface area contributed by atoms with E-state index in [1.54, 1.807) is 0 Å². The Morgan fingerprint density at radius 3 is 2.25 bits per heavy atom. The number of carboxylic acid groups (broad SMARTS) is 1. The zero-order valence-corrected chi connectivity index (χ0v) is 9.93. The molecule has 1 aromatic heterocycles. The van der Waals surface area contributed by atoms with Crippen LogP contribution in [-0.4, -0.2) is 22.0 Å². The van der Waals surface area contributed by atoms with Crippen molar-refractivity contribution in [3.05, 3.63) is 59.4 Å². The van der Waals surface area contributed by atoms with E-state index in [2.05, 4.69) is 10.3 Å². The first-order chi connectivity index (χ1) is 9.45. The van der Waals surface area contributed by atoms with Crippen molar-refractivity contribution in [2.45, 2.75) is 0 Å². The largest absolute Gasteiger partial charge is 0.477 e. The molecule has 7 heteroatoms. The highest BCUT2D eigenvalue weighted by Gasteiger charge is 2.12. The topological polar surface area (TPSA) is 79.3 Å². The molecule has 0 bridgehead atoms. The van der Waals surface area contributed by atoms with E-state index in [1.165, 1.54) is 18.2 Å². The minimum absolute atomic E-state index is 0.0879. The number of halogens is 2. The van der Waals surface area contributed by atoms with E-state index in [0.717, 1.165) is 12.1 Å². The zero-order chi connectivity index (χ0) is 14.7.